The summed E-state index contributed by atoms with van der Waals surface area (Å²) in [5.41, 5.74) is 0.165. The monoisotopic (exact) mass is 334 g/mol. The zero-order chi connectivity index (χ0) is 16.6. The van der Waals surface area contributed by atoms with E-state index in [-0.39, 0.29) is 23.2 Å². The van der Waals surface area contributed by atoms with E-state index in [4.69, 9.17) is 4.74 Å². The first-order valence-corrected chi connectivity index (χ1v) is 8.36. The molecule has 7 nitrogen and oxygen atoms in total. The topological polar surface area (TPSA) is 89.8 Å². The summed E-state index contributed by atoms with van der Waals surface area (Å²) in [6.45, 7) is 1.91. The van der Waals surface area contributed by atoms with Crippen LogP contribution < -0.4 is 9.04 Å². The van der Waals surface area contributed by atoms with Gasteiger partial charge in [0.2, 0.25) is 0 Å². The molecule has 3 rings (SSSR count). The number of nitro groups is 1. The number of nitro benzene ring substituents is 1. The van der Waals surface area contributed by atoms with Gasteiger partial charge < -0.3 is 4.74 Å². The predicted octanol–water partition coefficient (Wildman–Crippen LogP) is 2.57. The Morgan fingerprint density at radius 3 is 2.70 bits per heavy atom. The lowest BCUT2D eigenvalue weighted by molar-refractivity contribution is -0.385. The lowest BCUT2D eigenvalue weighted by Gasteiger charge is -2.33. The van der Waals surface area contributed by atoms with Gasteiger partial charge in [0.1, 0.15) is 11.9 Å². The van der Waals surface area contributed by atoms with Crippen LogP contribution in [0.5, 0.6) is 5.75 Å². The molecule has 0 amide bonds. The van der Waals surface area contributed by atoms with Gasteiger partial charge in [0.15, 0.2) is 0 Å². The highest BCUT2D eigenvalue weighted by Gasteiger charge is 2.33. The summed E-state index contributed by atoms with van der Waals surface area (Å²) < 4.78 is 32.7. The van der Waals surface area contributed by atoms with E-state index in [0.29, 0.717) is 11.4 Å². The van der Waals surface area contributed by atoms with Crippen LogP contribution in [-0.2, 0) is 10.0 Å². The molecule has 8 heteroatoms. The van der Waals surface area contributed by atoms with Crippen molar-refractivity contribution < 1.29 is 18.1 Å². The summed E-state index contributed by atoms with van der Waals surface area (Å²) in [6.07, 6.45) is -0.321. The minimum Gasteiger partial charge on any atom is -0.487 e. The van der Waals surface area contributed by atoms with Gasteiger partial charge in [-0.2, -0.15) is 0 Å². The Morgan fingerprint density at radius 2 is 1.96 bits per heavy atom. The molecule has 120 valence electrons. The number of benzene rings is 2. The number of rotatable bonds is 3. The van der Waals surface area contributed by atoms with Gasteiger partial charge >= 0.3 is 0 Å². The first kappa shape index (κ1) is 15.3. The highest BCUT2D eigenvalue weighted by Crippen LogP contribution is 2.36. The zero-order valence-electron chi connectivity index (χ0n) is 12.2. The van der Waals surface area contributed by atoms with Crippen LogP contribution in [0.4, 0.5) is 11.4 Å². The molecule has 1 unspecified atom stereocenters. The van der Waals surface area contributed by atoms with Crippen LogP contribution in [0.2, 0.25) is 0 Å². The number of hydrogen-bond donors (Lipinski definition) is 0. The van der Waals surface area contributed by atoms with Crippen molar-refractivity contribution in [1.82, 2.24) is 0 Å². The fourth-order valence-electron chi connectivity index (χ4n) is 2.46. The molecule has 1 aliphatic rings. The number of hydrogen-bond acceptors (Lipinski definition) is 5. The molecule has 1 atom stereocenters. The second kappa shape index (κ2) is 5.54. The van der Waals surface area contributed by atoms with Crippen molar-refractivity contribution in [3.8, 4) is 5.75 Å². The van der Waals surface area contributed by atoms with Crippen LogP contribution in [0.3, 0.4) is 0 Å². The van der Waals surface area contributed by atoms with E-state index in [1.165, 1.54) is 22.5 Å². The molecule has 0 spiro atoms. The molecule has 0 saturated carbocycles. The standard InChI is InChI=1S/C15H14N2O5S/c1-11-10-16(14-7-2-3-8-15(14)22-11)23(20,21)13-6-4-5-12(9-13)17(18)19/h2-9,11H,10H2,1H3. The Hall–Kier alpha value is -2.61. The maximum atomic E-state index is 12.9. The molecule has 0 fully saturated rings. The van der Waals surface area contributed by atoms with Gasteiger partial charge in [-0.15, -0.1) is 0 Å². The van der Waals surface area contributed by atoms with E-state index in [2.05, 4.69) is 0 Å². The Balaban J connectivity index is 2.10. The molecular formula is C15H14N2O5S. The van der Waals surface area contributed by atoms with E-state index in [0.717, 1.165) is 6.07 Å². The average Bonchev–Trinajstić information content (AvgIpc) is 2.54. The quantitative estimate of drug-likeness (QED) is 0.635. The van der Waals surface area contributed by atoms with E-state index in [1.807, 2.05) is 0 Å². The first-order chi connectivity index (χ1) is 10.9. The van der Waals surface area contributed by atoms with Gasteiger partial charge in [-0.1, -0.05) is 18.2 Å². The van der Waals surface area contributed by atoms with Gasteiger partial charge in [0, 0.05) is 12.1 Å². The van der Waals surface area contributed by atoms with Crippen molar-refractivity contribution >= 4 is 21.4 Å². The minimum absolute atomic E-state index is 0.115. The molecule has 0 bridgehead atoms. The van der Waals surface area contributed by atoms with Crippen molar-refractivity contribution in [1.29, 1.82) is 0 Å². The zero-order valence-corrected chi connectivity index (χ0v) is 13.1. The molecule has 1 aliphatic heterocycles. The number of anilines is 1. The number of ether oxygens (including phenoxy) is 1. The molecule has 0 N–H and O–H groups in total. The smallest absolute Gasteiger partial charge is 0.270 e. The lowest BCUT2D eigenvalue weighted by Crippen LogP contribution is -2.42. The molecule has 0 radical (unpaired) electrons. The second-order valence-electron chi connectivity index (χ2n) is 5.19. The van der Waals surface area contributed by atoms with E-state index < -0.39 is 14.9 Å². The number of sulfonamides is 1. The predicted molar refractivity (Wildman–Crippen MR) is 84.2 cm³/mol. The Bertz CT molecular complexity index is 866. The van der Waals surface area contributed by atoms with Crippen LogP contribution in [0.1, 0.15) is 6.92 Å². The summed E-state index contributed by atoms with van der Waals surface area (Å²) in [5, 5.41) is 10.9. The van der Waals surface area contributed by atoms with Crippen molar-refractivity contribution in [2.24, 2.45) is 0 Å². The van der Waals surface area contributed by atoms with Crippen molar-refractivity contribution in [2.45, 2.75) is 17.9 Å². The highest BCUT2D eigenvalue weighted by atomic mass is 32.2. The molecule has 2 aromatic rings. The molecule has 0 saturated heterocycles. The highest BCUT2D eigenvalue weighted by molar-refractivity contribution is 7.92. The van der Waals surface area contributed by atoms with Crippen LogP contribution in [0.25, 0.3) is 0 Å². The fraction of sp³-hybridized carbons (Fsp3) is 0.200. The maximum Gasteiger partial charge on any atom is 0.270 e. The second-order valence-corrected chi connectivity index (χ2v) is 7.05. The largest absolute Gasteiger partial charge is 0.487 e. The average molecular weight is 334 g/mol. The summed E-state index contributed by atoms with van der Waals surface area (Å²) in [6, 6.07) is 11.9. The summed E-state index contributed by atoms with van der Waals surface area (Å²) >= 11 is 0. The fourth-order valence-corrected chi connectivity index (χ4v) is 4.05. The third-order valence-electron chi connectivity index (χ3n) is 3.50. The van der Waals surface area contributed by atoms with Crippen LogP contribution >= 0.6 is 0 Å². The molecular weight excluding hydrogens is 320 g/mol. The maximum absolute atomic E-state index is 12.9. The van der Waals surface area contributed by atoms with Crippen molar-refractivity contribution in [3.63, 3.8) is 0 Å². The van der Waals surface area contributed by atoms with Gasteiger partial charge in [-0.3, -0.25) is 14.4 Å². The van der Waals surface area contributed by atoms with E-state index in [9.17, 15) is 18.5 Å². The Kier molecular flexibility index (Phi) is 3.69. The summed E-state index contributed by atoms with van der Waals surface area (Å²) in [5.74, 6) is 0.472. The van der Waals surface area contributed by atoms with E-state index in [1.54, 1.807) is 31.2 Å². The van der Waals surface area contributed by atoms with Gasteiger partial charge in [0.05, 0.1) is 22.1 Å². The normalized spacial score (nSPS) is 17.3. The Labute approximate surface area is 133 Å². The third kappa shape index (κ3) is 2.72. The first-order valence-electron chi connectivity index (χ1n) is 6.92. The number of para-hydroxylation sites is 2. The summed E-state index contributed by atoms with van der Waals surface area (Å²) in [4.78, 5) is 10.2. The minimum atomic E-state index is -3.92. The van der Waals surface area contributed by atoms with Crippen LogP contribution in [0, 0.1) is 10.1 Å². The van der Waals surface area contributed by atoms with Crippen LogP contribution in [0.15, 0.2) is 53.4 Å². The molecule has 2 aromatic carbocycles. The SMILES string of the molecule is CC1CN(S(=O)(=O)c2cccc([N+](=O)[O-])c2)c2ccccc2O1. The van der Waals surface area contributed by atoms with Crippen molar-refractivity contribution in [3.05, 3.63) is 58.6 Å². The molecule has 0 aromatic heterocycles. The lowest BCUT2D eigenvalue weighted by atomic mass is 10.2. The molecule has 0 aliphatic carbocycles. The van der Waals surface area contributed by atoms with Gasteiger partial charge in [0.25, 0.3) is 15.7 Å². The summed E-state index contributed by atoms with van der Waals surface area (Å²) in [7, 11) is -3.92. The van der Waals surface area contributed by atoms with E-state index >= 15 is 0 Å². The van der Waals surface area contributed by atoms with Crippen molar-refractivity contribution in [2.75, 3.05) is 10.8 Å². The van der Waals surface area contributed by atoms with Gasteiger partial charge in [-0.25, -0.2) is 8.42 Å². The number of nitrogens with zero attached hydrogens (tertiary/aromatic N) is 2. The number of non-ortho nitro benzene ring substituents is 1. The van der Waals surface area contributed by atoms with Crippen LogP contribution in [-0.4, -0.2) is 26.0 Å². The number of fused-ring (bicyclic) bond motifs is 1. The third-order valence-corrected chi connectivity index (χ3v) is 5.28. The Morgan fingerprint density at radius 1 is 1.22 bits per heavy atom. The molecule has 1 heterocycles. The van der Waals surface area contributed by atoms with Gasteiger partial charge in [-0.05, 0) is 25.1 Å². The molecule has 23 heavy (non-hydrogen) atoms.